The maximum absolute atomic E-state index is 12.1. The molecule has 0 atom stereocenters. The van der Waals surface area contributed by atoms with Crippen LogP contribution < -0.4 is 5.32 Å². The summed E-state index contributed by atoms with van der Waals surface area (Å²) in [4.78, 5) is 29.6. The van der Waals surface area contributed by atoms with E-state index in [9.17, 15) is 14.9 Å². The molecule has 0 aromatic carbocycles. The van der Waals surface area contributed by atoms with Crippen LogP contribution in [0.2, 0.25) is 4.47 Å². The second-order valence-electron chi connectivity index (χ2n) is 3.75. The Morgan fingerprint density at radius 1 is 1.65 bits per heavy atom. The van der Waals surface area contributed by atoms with Gasteiger partial charge in [-0.25, -0.2) is 19.9 Å². The number of nitro groups is 1. The van der Waals surface area contributed by atoms with Crippen LogP contribution in [0, 0.1) is 10.1 Å². The quantitative estimate of drug-likeness (QED) is 0.388. The minimum absolute atomic E-state index is 0.0783. The lowest BCUT2D eigenvalue weighted by atomic mass is 10.4. The number of thiazole rings is 1. The Kier molecular flexibility index (Phi) is 5.65. The molecule has 110 valence electrons. The van der Waals surface area contributed by atoms with E-state index in [1.807, 2.05) is 0 Å². The van der Waals surface area contributed by atoms with E-state index in [2.05, 4.69) is 15.4 Å². The van der Waals surface area contributed by atoms with E-state index in [0.717, 1.165) is 4.90 Å². The van der Waals surface area contributed by atoms with Gasteiger partial charge in [0, 0.05) is 32.2 Å². The van der Waals surface area contributed by atoms with E-state index in [-0.39, 0.29) is 12.5 Å². The Bertz CT molecular complexity index is 532. The van der Waals surface area contributed by atoms with Gasteiger partial charge in [0.25, 0.3) is 5.96 Å². The van der Waals surface area contributed by atoms with Gasteiger partial charge >= 0.3 is 6.03 Å². The zero-order valence-corrected chi connectivity index (χ0v) is 12.6. The van der Waals surface area contributed by atoms with Gasteiger partial charge in [-0.3, -0.25) is 4.90 Å². The number of aromatic nitrogens is 1. The molecule has 0 saturated heterocycles. The van der Waals surface area contributed by atoms with Crippen LogP contribution in [0.1, 0.15) is 4.88 Å². The zero-order chi connectivity index (χ0) is 15.3. The molecule has 0 aliphatic rings. The number of rotatable bonds is 3. The zero-order valence-electron chi connectivity index (χ0n) is 11.0. The number of carbonyl (C=O) groups excluding carboxylic acids is 1. The minimum atomic E-state index is -0.874. The van der Waals surface area contributed by atoms with Gasteiger partial charge in [-0.05, 0) is 0 Å². The van der Waals surface area contributed by atoms with Gasteiger partial charge in [0.15, 0.2) is 9.50 Å². The molecule has 11 heteroatoms. The number of guanidine groups is 1. The second kappa shape index (κ2) is 7.01. The first-order chi connectivity index (χ1) is 9.35. The van der Waals surface area contributed by atoms with Gasteiger partial charge in [0.1, 0.15) is 5.10 Å². The van der Waals surface area contributed by atoms with Crippen molar-refractivity contribution in [1.29, 1.82) is 0 Å². The summed E-state index contributed by atoms with van der Waals surface area (Å²) in [7, 11) is 4.51. The summed E-state index contributed by atoms with van der Waals surface area (Å²) in [5.41, 5.74) is 0. The first-order valence-electron chi connectivity index (χ1n) is 5.35. The van der Waals surface area contributed by atoms with E-state index >= 15 is 0 Å². The van der Waals surface area contributed by atoms with Crippen LogP contribution in [0.25, 0.3) is 0 Å². The van der Waals surface area contributed by atoms with E-state index in [1.165, 1.54) is 43.6 Å². The molecule has 0 unspecified atom stereocenters. The van der Waals surface area contributed by atoms with Crippen molar-refractivity contribution in [3.8, 4) is 0 Å². The van der Waals surface area contributed by atoms with Crippen molar-refractivity contribution >= 4 is 34.9 Å². The van der Waals surface area contributed by atoms with Crippen LogP contribution in [0.4, 0.5) is 4.79 Å². The number of nitrogens with zero attached hydrogens (tertiary/aromatic N) is 5. The number of hydrogen-bond acceptors (Lipinski definition) is 5. The van der Waals surface area contributed by atoms with Crippen molar-refractivity contribution in [3.05, 3.63) is 25.7 Å². The van der Waals surface area contributed by atoms with Crippen molar-refractivity contribution in [1.82, 2.24) is 20.1 Å². The van der Waals surface area contributed by atoms with Gasteiger partial charge in [0.2, 0.25) is 0 Å². The van der Waals surface area contributed by atoms with Crippen molar-refractivity contribution in [2.24, 2.45) is 5.10 Å². The molecule has 0 radical (unpaired) electrons. The third kappa shape index (κ3) is 4.31. The van der Waals surface area contributed by atoms with Gasteiger partial charge in [-0.1, -0.05) is 11.6 Å². The number of hydrogen-bond donors (Lipinski definition) is 1. The summed E-state index contributed by atoms with van der Waals surface area (Å²) in [6.07, 6.45) is 1.50. The van der Waals surface area contributed by atoms with Crippen LogP contribution in [0.3, 0.4) is 0 Å². The van der Waals surface area contributed by atoms with Crippen LogP contribution in [0.5, 0.6) is 0 Å². The standard InChI is InChI=1S/C9H13ClN6O3S/c1-11-8(13-16(18)19)15(9(17)14(2)3)5-6-4-12-7(10)20-6/h4H,5H2,1-3H3,(H,11,13). The van der Waals surface area contributed by atoms with Gasteiger partial charge < -0.3 is 10.2 Å². The van der Waals surface area contributed by atoms with Gasteiger partial charge in [0.05, 0.1) is 6.54 Å². The van der Waals surface area contributed by atoms with Crippen molar-refractivity contribution in [2.75, 3.05) is 21.1 Å². The highest BCUT2D eigenvalue weighted by atomic mass is 35.5. The third-order valence-electron chi connectivity index (χ3n) is 2.11. The molecule has 0 aliphatic carbocycles. The van der Waals surface area contributed by atoms with E-state index in [0.29, 0.717) is 9.34 Å². The summed E-state index contributed by atoms with van der Waals surface area (Å²) in [5, 5.41) is 15.3. The molecule has 0 bridgehead atoms. The lowest BCUT2D eigenvalue weighted by molar-refractivity contribution is -0.485. The molecule has 9 nitrogen and oxygen atoms in total. The first kappa shape index (κ1) is 16.1. The molecule has 1 aromatic heterocycles. The predicted octanol–water partition coefficient (Wildman–Crippen LogP) is 1.05. The first-order valence-corrected chi connectivity index (χ1v) is 6.54. The predicted molar refractivity (Wildman–Crippen MR) is 75.2 cm³/mol. The van der Waals surface area contributed by atoms with Crippen molar-refractivity contribution in [3.63, 3.8) is 0 Å². The number of amides is 2. The molecule has 1 rings (SSSR count). The monoisotopic (exact) mass is 320 g/mol. The summed E-state index contributed by atoms with van der Waals surface area (Å²) in [6, 6.07) is -0.454. The Morgan fingerprint density at radius 3 is 2.70 bits per heavy atom. The fraction of sp³-hybridized carbons (Fsp3) is 0.444. The maximum atomic E-state index is 12.1. The van der Waals surface area contributed by atoms with E-state index < -0.39 is 11.1 Å². The van der Waals surface area contributed by atoms with E-state index in [4.69, 9.17) is 11.6 Å². The number of carbonyl (C=O) groups is 1. The lowest BCUT2D eigenvalue weighted by Gasteiger charge is -2.24. The van der Waals surface area contributed by atoms with Crippen molar-refractivity contribution in [2.45, 2.75) is 6.54 Å². The highest BCUT2D eigenvalue weighted by molar-refractivity contribution is 7.15. The number of hydrazone groups is 1. The molecule has 1 aromatic rings. The maximum Gasteiger partial charge on any atom is 0.326 e. The Balaban J connectivity index is 3.07. The van der Waals surface area contributed by atoms with Crippen molar-refractivity contribution < 1.29 is 9.83 Å². The number of urea groups is 1. The van der Waals surface area contributed by atoms with Crippen LogP contribution in [-0.4, -0.2) is 52.9 Å². The van der Waals surface area contributed by atoms with Crippen LogP contribution in [-0.2, 0) is 6.54 Å². The summed E-state index contributed by atoms with van der Waals surface area (Å²) in [6.45, 7) is 0.0783. The third-order valence-corrected chi connectivity index (χ3v) is 3.21. The number of halogens is 1. The minimum Gasteiger partial charge on any atom is -0.354 e. The average Bonchev–Trinajstić information content (AvgIpc) is 2.77. The molecule has 1 N–H and O–H groups in total. The summed E-state index contributed by atoms with van der Waals surface area (Å²) < 4.78 is 0.328. The Morgan fingerprint density at radius 2 is 2.30 bits per heavy atom. The SMILES string of the molecule is CN/C(=N\[N+](=O)[O-])N(Cc1cnc(Cl)s1)C(=O)N(C)C. The van der Waals surface area contributed by atoms with E-state index in [1.54, 1.807) is 0 Å². The highest BCUT2D eigenvalue weighted by Crippen LogP contribution is 2.19. The van der Waals surface area contributed by atoms with Gasteiger partial charge in [-0.15, -0.1) is 11.3 Å². The topological polar surface area (TPSA) is 104 Å². The molecule has 2 amide bonds. The molecule has 0 spiro atoms. The van der Waals surface area contributed by atoms with Crippen LogP contribution >= 0.6 is 22.9 Å². The normalized spacial score (nSPS) is 11.1. The smallest absolute Gasteiger partial charge is 0.326 e. The summed E-state index contributed by atoms with van der Waals surface area (Å²) >= 11 is 6.90. The van der Waals surface area contributed by atoms with Gasteiger partial charge in [-0.2, -0.15) is 0 Å². The Labute approximate surface area is 124 Å². The number of nitrogens with one attached hydrogen (secondary N) is 1. The molecular weight excluding hydrogens is 308 g/mol. The average molecular weight is 321 g/mol. The molecular formula is C9H13ClN6O3S. The molecule has 1 heterocycles. The fourth-order valence-electron chi connectivity index (χ4n) is 1.30. The fourth-order valence-corrected chi connectivity index (χ4v) is 2.27. The largest absolute Gasteiger partial charge is 0.354 e. The Hall–Kier alpha value is -1.94. The molecule has 0 fully saturated rings. The van der Waals surface area contributed by atoms with Crippen LogP contribution in [0.15, 0.2) is 11.3 Å². The molecule has 0 saturated carbocycles. The lowest BCUT2D eigenvalue weighted by Crippen LogP contribution is -2.47. The molecule has 20 heavy (non-hydrogen) atoms. The second-order valence-corrected chi connectivity index (χ2v) is 5.45. The molecule has 0 aliphatic heterocycles. The highest BCUT2D eigenvalue weighted by Gasteiger charge is 2.24. The summed E-state index contributed by atoms with van der Waals surface area (Å²) in [5.74, 6) is -0.168.